The normalized spacial score (nSPS) is 10.7. The van der Waals surface area contributed by atoms with Gasteiger partial charge < -0.3 is 19.7 Å². The lowest BCUT2D eigenvalue weighted by atomic mass is 10.2. The molecule has 28 heavy (non-hydrogen) atoms. The smallest absolute Gasteiger partial charge is 0.246 e. The minimum absolute atomic E-state index is 0.0610. The molecular weight excluding hydrogens is 444 g/mol. The van der Waals surface area contributed by atoms with Crippen LogP contribution >= 0.6 is 27.3 Å². The predicted octanol–water partition coefficient (Wildman–Crippen LogP) is 4.42. The van der Waals surface area contributed by atoms with Crippen LogP contribution in [0.1, 0.15) is 18.7 Å². The molecule has 0 bridgehead atoms. The number of halogens is 1. The number of carbonyl (C=O) groups excluding carboxylic acids is 2. The number of rotatable bonds is 9. The maximum Gasteiger partial charge on any atom is 0.246 e. The molecule has 0 fully saturated rings. The van der Waals surface area contributed by atoms with Crippen molar-refractivity contribution in [3.8, 4) is 11.5 Å². The van der Waals surface area contributed by atoms with E-state index >= 15 is 0 Å². The van der Waals surface area contributed by atoms with Gasteiger partial charge in [-0.25, -0.2) is 0 Å². The third kappa shape index (κ3) is 6.69. The minimum atomic E-state index is -0.297. The quantitative estimate of drug-likeness (QED) is 0.555. The van der Waals surface area contributed by atoms with Crippen LogP contribution in [0.15, 0.2) is 40.2 Å². The molecular formula is C20H23BrN2O4S. The number of carbonyl (C=O) groups is 2. The molecule has 1 aromatic carbocycles. The summed E-state index contributed by atoms with van der Waals surface area (Å²) in [7, 11) is 1.58. The van der Waals surface area contributed by atoms with E-state index in [0.29, 0.717) is 30.4 Å². The number of nitrogens with zero attached hydrogens (tertiary/aromatic N) is 1. The zero-order valence-corrected chi connectivity index (χ0v) is 18.4. The van der Waals surface area contributed by atoms with Gasteiger partial charge in [-0.1, -0.05) is 0 Å². The molecule has 0 radical (unpaired) electrons. The lowest BCUT2D eigenvalue weighted by molar-refractivity contribution is -0.129. The average molecular weight is 467 g/mol. The summed E-state index contributed by atoms with van der Waals surface area (Å²) in [6.07, 6.45) is 3.18. The van der Waals surface area contributed by atoms with E-state index in [4.69, 9.17) is 9.47 Å². The predicted molar refractivity (Wildman–Crippen MR) is 116 cm³/mol. The molecule has 0 aliphatic carbocycles. The van der Waals surface area contributed by atoms with Crippen LogP contribution in [0, 0.1) is 0 Å². The first-order valence-corrected chi connectivity index (χ1v) is 10.4. The Morgan fingerprint density at radius 1 is 1.14 bits per heavy atom. The number of hydrogen-bond acceptors (Lipinski definition) is 5. The van der Waals surface area contributed by atoms with Crippen molar-refractivity contribution in [1.29, 1.82) is 0 Å². The highest BCUT2D eigenvalue weighted by molar-refractivity contribution is 9.11. The van der Waals surface area contributed by atoms with E-state index in [9.17, 15) is 9.59 Å². The summed E-state index contributed by atoms with van der Waals surface area (Å²) in [5, 5.41) is 2.78. The minimum Gasteiger partial charge on any atom is -0.490 e. The molecule has 8 heteroatoms. The average Bonchev–Trinajstić information content (AvgIpc) is 3.07. The monoisotopic (exact) mass is 466 g/mol. The van der Waals surface area contributed by atoms with Gasteiger partial charge in [-0.15, -0.1) is 11.3 Å². The molecule has 1 heterocycles. The number of hydrogen-bond donors (Lipinski definition) is 1. The van der Waals surface area contributed by atoms with Crippen LogP contribution in [0.25, 0.3) is 6.08 Å². The maximum atomic E-state index is 12.3. The van der Waals surface area contributed by atoms with Crippen molar-refractivity contribution < 1.29 is 19.1 Å². The second-order valence-corrected chi connectivity index (χ2v) is 8.24. The molecule has 6 nitrogen and oxygen atoms in total. The van der Waals surface area contributed by atoms with Gasteiger partial charge in [0.2, 0.25) is 11.8 Å². The highest BCUT2D eigenvalue weighted by Crippen LogP contribution is 2.30. The SMILES string of the molecule is CCOc1ccc(NC(=O)CN(C)C(=O)/C=C/c2ccc(Br)s2)cc1OCC. The molecule has 0 unspecified atom stereocenters. The molecule has 1 aromatic heterocycles. The number of benzene rings is 1. The highest BCUT2D eigenvalue weighted by Gasteiger charge is 2.13. The number of amides is 2. The fraction of sp³-hybridized carbons (Fsp3) is 0.300. The van der Waals surface area contributed by atoms with E-state index < -0.39 is 0 Å². The first-order valence-electron chi connectivity index (χ1n) is 8.81. The second kappa shape index (κ2) is 10.9. The van der Waals surface area contributed by atoms with Gasteiger partial charge in [-0.2, -0.15) is 0 Å². The van der Waals surface area contributed by atoms with E-state index in [2.05, 4.69) is 21.2 Å². The summed E-state index contributed by atoms with van der Waals surface area (Å²) >= 11 is 4.90. The van der Waals surface area contributed by atoms with Gasteiger partial charge in [0.1, 0.15) is 0 Å². The summed E-state index contributed by atoms with van der Waals surface area (Å²) in [5.41, 5.74) is 0.580. The van der Waals surface area contributed by atoms with Crippen molar-refractivity contribution in [3.05, 3.63) is 45.1 Å². The summed E-state index contributed by atoms with van der Waals surface area (Å²) in [6.45, 7) is 4.72. The zero-order valence-electron chi connectivity index (χ0n) is 16.0. The number of nitrogens with one attached hydrogen (secondary N) is 1. The first-order chi connectivity index (χ1) is 13.4. The largest absolute Gasteiger partial charge is 0.490 e. The third-order valence-electron chi connectivity index (χ3n) is 3.57. The van der Waals surface area contributed by atoms with Gasteiger partial charge in [-0.3, -0.25) is 9.59 Å². The Bertz CT molecular complexity index is 850. The standard InChI is InChI=1S/C20H23BrN2O4S/c1-4-26-16-9-6-14(12-17(16)27-5-2)22-19(24)13-23(3)20(25)11-8-15-7-10-18(21)28-15/h6-12H,4-5,13H2,1-3H3,(H,22,24)/b11-8+. The van der Waals surface area contributed by atoms with Crippen LogP contribution in [0.3, 0.4) is 0 Å². The number of thiophene rings is 1. The van der Waals surface area contributed by atoms with E-state index in [1.54, 1.807) is 31.3 Å². The summed E-state index contributed by atoms with van der Waals surface area (Å²) in [4.78, 5) is 26.8. The van der Waals surface area contributed by atoms with Gasteiger partial charge in [0.25, 0.3) is 0 Å². The van der Waals surface area contributed by atoms with Crippen molar-refractivity contribution in [3.63, 3.8) is 0 Å². The van der Waals surface area contributed by atoms with E-state index in [1.807, 2.05) is 26.0 Å². The molecule has 0 saturated carbocycles. The molecule has 150 valence electrons. The van der Waals surface area contributed by atoms with Gasteiger partial charge in [0.15, 0.2) is 11.5 Å². The summed E-state index contributed by atoms with van der Waals surface area (Å²) in [5.74, 6) is 0.646. The fourth-order valence-electron chi connectivity index (χ4n) is 2.32. The first kappa shape index (κ1) is 22.0. The van der Waals surface area contributed by atoms with Crippen LogP contribution in [0.2, 0.25) is 0 Å². The van der Waals surface area contributed by atoms with Crippen molar-refractivity contribution >= 4 is 50.8 Å². The van der Waals surface area contributed by atoms with E-state index in [0.717, 1.165) is 8.66 Å². The zero-order chi connectivity index (χ0) is 20.5. The van der Waals surface area contributed by atoms with E-state index in [1.165, 1.54) is 22.3 Å². The Labute approximate surface area is 177 Å². The molecule has 0 saturated heterocycles. The molecule has 0 aliphatic rings. The maximum absolute atomic E-state index is 12.3. The van der Waals surface area contributed by atoms with Gasteiger partial charge in [0, 0.05) is 29.8 Å². The van der Waals surface area contributed by atoms with Crippen LogP contribution in [0.5, 0.6) is 11.5 Å². The summed E-state index contributed by atoms with van der Waals surface area (Å²) < 4.78 is 12.1. The van der Waals surface area contributed by atoms with Crippen LogP contribution < -0.4 is 14.8 Å². The van der Waals surface area contributed by atoms with Crippen LogP contribution in [-0.4, -0.2) is 43.5 Å². The molecule has 0 aliphatic heterocycles. The van der Waals surface area contributed by atoms with Crippen molar-refractivity contribution in [2.24, 2.45) is 0 Å². The van der Waals surface area contributed by atoms with Gasteiger partial charge in [-0.05, 0) is 60.1 Å². The molecule has 2 amide bonds. The van der Waals surface area contributed by atoms with Crippen LogP contribution in [0.4, 0.5) is 5.69 Å². The van der Waals surface area contributed by atoms with E-state index in [-0.39, 0.29) is 18.4 Å². The molecule has 0 spiro atoms. The topological polar surface area (TPSA) is 67.9 Å². The summed E-state index contributed by atoms with van der Waals surface area (Å²) in [6, 6.07) is 9.03. The molecule has 2 rings (SSSR count). The Morgan fingerprint density at radius 2 is 1.86 bits per heavy atom. The molecule has 0 atom stereocenters. The van der Waals surface area contributed by atoms with Crippen molar-refractivity contribution in [2.75, 3.05) is 32.1 Å². The molecule has 1 N–H and O–H groups in total. The third-order valence-corrected chi connectivity index (χ3v) is 5.16. The Balaban J connectivity index is 1.94. The lowest BCUT2D eigenvalue weighted by Gasteiger charge is -2.16. The Hall–Kier alpha value is -2.32. The van der Waals surface area contributed by atoms with Gasteiger partial charge >= 0.3 is 0 Å². The van der Waals surface area contributed by atoms with Crippen molar-refractivity contribution in [1.82, 2.24) is 4.90 Å². The number of anilines is 1. The fourth-order valence-corrected chi connectivity index (χ4v) is 3.65. The van der Waals surface area contributed by atoms with Crippen LogP contribution in [-0.2, 0) is 9.59 Å². The molecule has 2 aromatic rings. The number of likely N-dealkylation sites (N-methyl/N-ethyl adjacent to an activating group) is 1. The Morgan fingerprint density at radius 3 is 2.50 bits per heavy atom. The van der Waals surface area contributed by atoms with Gasteiger partial charge in [0.05, 0.1) is 23.5 Å². The Kier molecular flexibility index (Phi) is 8.53. The lowest BCUT2D eigenvalue weighted by Crippen LogP contribution is -2.33. The van der Waals surface area contributed by atoms with Crippen molar-refractivity contribution in [2.45, 2.75) is 13.8 Å². The highest BCUT2D eigenvalue weighted by atomic mass is 79.9. The second-order valence-electron chi connectivity index (χ2n) is 5.75. The number of ether oxygens (including phenoxy) is 2.